The summed E-state index contributed by atoms with van der Waals surface area (Å²) in [7, 11) is 0. The average Bonchev–Trinajstić information content (AvgIpc) is 4.36. The molecule has 7 N–H and O–H groups in total. The van der Waals surface area contributed by atoms with Gasteiger partial charge in [-0.25, -0.2) is 9.59 Å². The maximum atomic E-state index is 13.4. The molecule has 8 aromatic rings. The number of nitrogens with zero attached hydrogens (tertiary/aromatic N) is 2. The van der Waals surface area contributed by atoms with Gasteiger partial charge in [0.05, 0.1) is 46.5 Å². The van der Waals surface area contributed by atoms with Crippen molar-refractivity contribution < 1.29 is 53.0 Å². The van der Waals surface area contributed by atoms with Crippen LogP contribution in [0.15, 0.2) is 117 Å². The Kier molecular flexibility index (Phi) is 17.4. The van der Waals surface area contributed by atoms with Gasteiger partial charge in [0.1, 0.15) is 17.7 Å². The van der Waals surface area contributed by atoms with E-state index in [9.17, 15) is 53.4 Å². The van der Waals surface area contributed by atoms with Crippen molar-refractivity contribution in [2.75, 3.05) is 26.2 Å². The lowest BCUT2D eigenvalue weighted by Crippen LogP contribution is -2.48. The first-order chi connectivity index (χ1) is 38.4. The first-order valence-electron chi connectivity index (χ1n) is 24.3. The van der Waals surface area contributed by atoms with Gasteiger partial charge in [-0.1, -0.05) is 94.9 Å². The number of carboxylic acid groups (broad SMARTS) is 2. The smallest absolute Gasteiger partial charge is 0.328 e. The number of hydrogen-bond acceptors (Lipinski definition) is 12. The molecule has 0 bridgehead atoms. The summed E-state index contributed by atoms with van der Waals surface area (Å²) in [4.78, 5) is 120. The van der Waals surface area contributed by atoms with E-state index in [1.54, 1.807) is 87.3 Å². The number of fused-ring (bicyclic) bond motifs is 4. The van der Waals surface area contributed by atoms with Gasteiger partial charge >= 0.3 is 11.9 Å². The number of carbonyl (C=O) groups excluding carboxylic acids is 6. The number of furan rings is 1. The predicted octanol–water partition coefficient (Wildman–Crippen LogP) is 8.32. The third-order valence-corrected chi connectivity index (χ3v) is 16.3. The highest BCUT2D eigenvalue weighted by Gasteiger charge is 2.33. The molecule has 0 spiro atoms. The molecule has 4 aromatic carbocycles. The van der Waals surface area contributed by atoms with Gasteiger partial charge in [0.25, 0.3) is 35.4 Å². The minimum Gasteiger partial charge on any atom is -0.480 e. The molecule has 2 aliphatic heterocycles. The van der Waals surface area contributed by atoms with Gasteiger partial charge in [0.15, 0.2) is 5.76 Å². The molecule has 0 aliphatic carbocycles. The number of thiophene rings is 2. The molecule has 4 aromatic heterocycles. The summed E-state index contributed by atoms with van der Waals surface area (Å²) in [6, 6.07) is 24.2. The normalized spacial score (nSPS) is 13.4. The Bertz CT molecular complexity index is 3820. The average molecular weight is 1200 g/mol. The molecule has 0 fully saturated rings. The van der Waals surface area contributed by atoms with Gasteiger partial charge in [-0.05, 0) is 88.3 Å². The van der Waals surface area contributed by atoms with Crippen molar-refractivity contribution in [3.05, 3.63) is 193 Å². The molecule has 6 heterocycles. The Hall–Kier alpha value is -8.05. The lowest BCUT2D eigenvalue weighted by Gasteiger charge is -2.30. The van der Waals surface area contributed by atoms with Crippen molar-refractivity contribution in [3.63, 3.8) is 0 Å². The maximum absolute atomic E-state index is 13.4. The molecule has 0 saturated heterocycles. The zero-order valence-electron chi connectivity index (χ0n) is 41.4. The first-order valence-corrected chi connectivity index (χ1v) is 27.5. The van der Waals surface area contributed by atoms with E-state index in [1.807, 2.05) is 18.2 Å². The van der Waals surface area contributed by atoms with Crippen molar-refractivity contribution in [3.8, 4) is 0 Å². The van der Waals surface area contributed by atoms with Crippen LogP contribution in [-0.2, 0) is 35.5 Å². The monoisotopic (exact) mass is 1200 g/mol. The van der Waals surface area contributed by atoms with E-state index in [1.165, 1.54) is 34.8 Å². The summed E-state index contributed by atoms with van der Waals surface area (Å²) >= 11 is 28.5. The molecular weight excluding hydrogens is 1160 g/mol. The molecule has 2 aliphatic rings. The summed E-state index contributed by atoms with van der Waals surface area (Å²) in [6.45, 7) is 0.255. The zero-order valence-corrected chi connectivity index (χ0v) is 46.1. The number of aromatic nitrogens is 1. The molecule has 410 valence electrons. The summed E-state index contributed by atoms with van der Waals surface area (Å²) in [5, 5.41) is 34.0. The van der Waals surface area contributed by atoms with E-state index >= 15 is 0 Å². The third kappa shape index (κ3) is 12.4. The number of pyridine rings is 1. The summed E-state index contributed by atoms with van der Waals surface area (Å²) in [6.07, 6.45) is 0.661. The van der Waals surface area contributed by atoms with Crippen LogP contribution in [0, 0.1) is 0 Å². The Balaban J connectivity index is 0.000000194. The van der Waals surface area contributed by atoms with Gasteiger partial charge in [-0.3, -0.25) is 33.6 Å². The topological polar surface area (TPSA) is 278 Å². The van der Waals surface area contributed by atoms with Crippen LogP contribution < -0.4 is 26.8 Å². The summed E-state index contributed by atoms with van der Waals surface area (Å²) in [5.74, 6) is -5.58. The molecule has 2 atom stereocenters. The number of nitrogens with one attached hydrogen (secondary N) is 5. The lowest BCUT2D eigenvalue weighted by atomic mass is 9.95. The predicted molar refractivity (Wildman–Crippen MR) is 302 cm³/mol. The van der Waals surface area contributed by atoms with Crippen LogP contribution in [0.1, 0.15) is 83.2 Å². The van der Waals surface area contributed by atoms with Crippen LogP contribution in [0.2, 0.25) is 20.1 Å². The zero-order chi connectivity index (χ0) is 56.9. The Morgan fingerprint density at radius 1 is 0.613 bits per heavy atom. The van der Waals surface area contributed by atoms with Gasteiger partial charge in [-0.15, -0.1) is 22.7 Å². The fourth-order valence-electron chi connectivity index (χ4n) is 9.10. The van der Waals surface area contributed by atoms with Crippen LogP contribution in [-0.4, -0.2) is 111 Å². The highest BCUT2D eigenvalue weighted by molar-refractivity contribution is 7.12. The van der Waals surface area contributed by atoms with Gasteiger partial charge in [0, 0.05) is 61.6 Å². The van der Waals surface area contributed by atoms with Crippen LogP contribution in [0.4, 0.5) is 0 Å². The molecule has 10 rings (SSSR count). The fraction of sp³-hybridized carbons (Fsp3) is 0.182. The second-order valence-electron chi connectivity index (χ2n) is 18.2. The molecule has 6 amide bonds. The van der Waals surface area contributed by atoms with E-state index in [4.69, 9.17) is 50.8 Å². The SMILES string of the molecule is O=C(NC[C@H](NC(=O)c1c(Cl)cc2c(c1Cl)CCN(C(=O)c1cc(=O)[nH]c3ccccc13)C2)C(=O)O)c1cccs1.O=C(NC[C@H](NC(=O)c1c(Cl)cc2c(c1Cl)CCN(C(=O)c1cc3ccccc3o1)C2)C(=O)O)c1cccs1. The number of aromatic amines is 1. The number of halogens is 4. The standard InChI is InChI=1S/C28H22Cl2N4O6S.C27H21Cl2N3O6S/c29-18-10-14-13-34(27(38)17-11-22(35)32-19-5-2-1-4-16(17)19)8-7-15(14)24(30)23(18)26(37)33-20(28(39)40)12-31-25(36)21-6-3-9-41-21;28-17-10-15-13-32(26(35)20-11-14-4-1-2-5-19(14)38-20)8-7-16(15)23(29)22(17)25(34)31-18(27(36)37)12-30-24(33)21-6-3-9-39-21/h1-6,9-11,20H,7-8,12-13H2,(H,31,36)(H,32,35)(H,33,37)(H,39,40);1-6,9-11,18H,7-8,12-13H2,(H,30,33)(H,31,34)(H,36,37)/t20-;18-/m00/s1. The quantitative estimate of drug-likeness (QED) is 0.0541. The molecule has 0 unspecified atom stereocenters. The molecule has 25 heteroatoms. The second kappa shape index (κ2) is 24.5. The number of hydrogen-bond donors (Lipinski definition) is 7. The second-order valence-corrected chi connectivity index (χ2v) is 21.6. The molecule has 0 radical (unpaired) electrons. The molecule has 80 heavy (non-hydrogen) atoms. The fourth-order valence-corrected chi connectivity index (χ4v) is 11.9. The van der Waals surface area contributed by atoms with E-state index in [2.05, 4.69) is 26.3 Å². The number of amides is 6. The summed E-state index contributed by atoms with van der Waals surface area (Å²) < 4.78 is 5.71. The maximum Gasteiger partial charge on any atom is 0.328 e. The number of aliphatic carboxylic acids is 2. The van der Waals surface area contributed by atoms with Gasteiger partial charge < -0.3 is 50.7 Å². The molecule has 0 saturated carbocycles. The first kappa shape index (κ1) is 56.7. The number of carboxylic acids is 2. The minimum atomic E-state index is -1.44. The van der Waals surface area contributed by atoms with Crippen LogP contribution >= 0.6 is 69.1 Å². The van der Waals surface area contributed by atoms with E-state index in [0.29, 0.717) is 67.9 Å². The van der Waals surface area contributed by atoms with Crippen LogP contribution in [0.25, 0.3) is 21.9 Å². The molecular formula is C55H43Cl4N7O12S2. The van der Waals surface area contributed by atoms with Crippen molar-refractivity contribution in [1.82, 2.24) is 36.1 Å². The van der Waals surface area contributed by atoms with Crippen LogP contribution in [0.3, 0.4) is 0 Å². The van der Waals surface area contributed by atoms with E-state index in [0.717, 1.165) is 5.39 Å². The van der Waals surface area contributed by atoms with Crippen molar-refractivity contribution in [2.24, 2.45) is 0 Å². The lowest BCUT2D eigenvalue weighted by molar-refractivity contribution is -0.140. The number of rotatable bonds is 14. The number of para-hydroxylation sites is 2. The largest absolute Gasteiger partial charge is 0.480 e. The minimum absolute atomic E-state index is 0.0149. The number of H-pyrrole nitrogens is 1. The number of benzene rings is 4. The Morgan fingerprint density at radius 3 is 1.61 bits per heavy atom. The van der Waals surface area contributed by atoms with E-state index < -0.39 is 53.2 Å². The number of carbonyl (C=O) groups is 8. The van der Waals surface area contributed by atoms with Gasteiger partial charge in [0.2, 0.25) is 5.56 Å². The van der Waals surface area contributed by atoms with Crippen molar-refractivity contribution in [2.45, 2.75) is 38.0 Å². The van der Waals surface area contributed by atoms with E-state index in [-0.39, 0.29) is 87.1 Å². The van der Waals surface area contributed by atoms with Crippen molar-refractivity contribution in [1.29, 1.82) is 0 Å². The highest BCUT2D eigenvalue weighted by Crippen LogP contribution is 2.37. The van der Waals surface area contributed by atoms with Gasteiger partial charge in [-0.2, -0.15) is 0 Å². The summed E-state index contributed by atoms with van der Waals surface area (Å²) in [5.41, 5.74) is 3.45. The molecule has 19 nitrogen and oxygen atoms in total. The highest BCUT2D eigenvalue weighted by atomic mass is 35.5. The van der Waals surface area contributed by atoms with Crippen LogP contribution in [0.5, 0.6) is 0 Å². The Labute approximate surface area is 481 Å². The van der Waals surface area contributed by atoms with Crippen molar-refractivity contribution >= 4 is 138 Å². The Morgan fingerprint density at radius 2 is 1.11 bits per heavy atom. The third-order valence-electron chi connectivity index (χ3n) is 13.1.